The van der Waals surface area contributed by atoms with Crippen LogP contribution in [-0.4, -0.2) is 18.4 Å². The SMILES string of the molecule is CCOC(=O)/C=C/CCCCC=C1C=C(C)C(=O)C(C)=C1. The third-order valence-electron chi connectivity index (χ3n) is 3.23. The van der Waals surface area contributed by atoms with Crippen LogP contribution in [0, 0.1) is 0 Å². The van der Waals surface area contributed by atoms with Crippen molar-refractivity contribution in [2.24, 2.45) is 0 Å². The number of carbonyl (C=O) groups excluding carboxylic acids is 2. The first kappa shape index (κ1) is 17.2. The predicted molar refractivity (Wildman–Crippen MR) is 84.8 cm³/mol. The Bertz CT molecular complexity index is 481. The van der Waals surface area contributed by atoms with Gasteiger partial charge >= 0.3 is 5.97 Å². The normalized spacial score (nSPS) is 15.0. The molecule has 0 amide bonds. The fraction of sp³-hybridized carbons (Fsp3) is 0.444. The first-order chi connectivity index (χ1) is 10.0. The van der Waals surface area contributed by atoms with Crippen LogP contribution in [0.25, 0.3) is 0 Å². The number of rotatable bonds is 7. The third kappa shape index (κ3) is 6.39. The van der Waals surface area contributed by atoms with Gasteiger partial charge in [0.15, 0.2) is 5.78 Å². The quantitative estimate of drug-likeness (QED) is 0.403. The largest absolute Gasteiger partial charge is 0.463 e. The average molecular weight is 288 g/mol. The summed E-state index contributed by atoms with van der Waals surface area (Å²) in [6, 6.07) is 0. The van der Waals surface area contributed by atoms with Gasteiger partial charge in [0.25, 0.3) is 0 Å². The Labute approximate surface area is 127 Å². The van der Waals surface area contributed by atoms with Gasteiger partial charge < -0.3 is 4.74 Å². The van der Waals surface area contributed by atoms with Crippen LogP contribution in [0.2, 0.25) is 0 Å². The average Bonchev–Trinajstić information content (AvgIpc) is 2.44. The molecule has 1 aliphatic rings. The molecule has 1 rings (SSSR count). The second kappa shape index (κ2) is 9.11. The van der Waals surface area contributed by atoms with Gasteiger partial charge in [0.2, 0.25) is 0 Å². The van der Waals surface area contributed by atoms with Crippen molar-refractivity contribution in [1.29, 1.82) is 0 Å². The summed E-state index contributed by atoms with van der Waals surface area (Å²) in [5.74, 6) is -0.135. The number of carbonyl (C=O) groups is 2. The molecule has 0 aromatic rings. The number of Topliss-reactive ketones (excluding diaryl/α,β-unsaturated/α-hetero) is 1. The van der Waals surface area contributed by atoms with Gasteiger partial charge in [0.1, 0.15) is 0 Å². The summed E-state index contributed by atoms with van der Waals surface area (Å²) in [6.45, 7) is 5.92. The molecule has 114 valence electrons. The Kier molecular flexibility index (Phi) is 7.44. The second-order valence-corrected chi connectivity index (χ2v) is 5.13. The summed E-state index contributed by atoms with van der Waals surface area (Å²) in [6.07, 6.45) is 13.3. The molecule has 0 aromatic heterocycles. The first-order valence-electron chi connectivity index (χ1n) is 7.49. The monoisotopic (exact) mass is 288 g/mol. The highest BCUT2D eigenvalue weighted by Gasteiger charge is 2.11. The molecule has 3 heteroatoms. The lowest BCUT2D eigenvalue weighted by atomic mass is 9.95. The van der Waals surface area contributed by atoms with Crippen molar-refractivity contribution in [2.45, 2.75) is 46.5 Å². The molecule has 0 fully saturated rings. The molecule has 0 aliphatic heterocycles. The van der Waals surface area contributed by atoms with E-state index in [4.69, 9.17) is 4.74 Å². The Morgan fingerprint density at radius 3 is 2.38 bits per heavy atom. The van der Waals surface area contributed by atoms with Gasteiger partial charge in [-0.1, -0.05) is 12.2 Å². The second-order valence-electron chi connectivity index (χ2n) is 5.13. The van der Waals surface area contributed by atoms with E-state index in [9.17, 15) is 9.59 Å². The highest BCUT2D eigenvalue weighted by Crippen LogP contribution is 2.19. The summed E-state index contributed by atoms with van der Waals surface area (Å²) in [5, 5.41) is 0. The van der Waals surface area contributed by atoms with Gasteiger partial charge in [-0.25, -0.2) is 4.79 Å². The van der Waals surface area contributed by atoms with Gasteiger partial charge in [0, 0.05) is 6.08 Å². The topological polar surface area (TPSA) is 43.4 Å². The van der Waals surface area contributed by atoms with E-state index in [0.717, 1.165) is 42.4 Å². The summed E-state index contributed by atoms with van der Waals surface area (Å²) in [7, 11) is 0. The van der Waals surface area contributed by atoms with Gasteiger partial charge in [-0.2, -0.15) is 0 Å². The van der Waals surface area contributed by atoms with Crippen molar-refractivity contribution >= 4 is 11.8 Å². The fourth-order valence-electron chi connectivity index (χ4n) is 2.15. The number of esters is 1. The number of ether oxygens (including phenoxy) is 1. The molecule has 1 aliphatic carbocycles. The minimum atomic E-state index is -0.271. The summed E-state index contributed by atoms with van der Waals surface area (Å²) in [5.41, 5.74) is 2.73. The minimum absolute atomic E-state index is 0.135. The summed E-state index contributed by atoms with van der Waals surface area (Å²) in [4.78, 5) is 22.7. The Balaban J connectivity index is 2.27. The lowest BCUT2D eigenvalue weighted by Gasteiger charge is -2.09. The molecular weight excluding hydrogens is 264 g/mol. The zero-order chi connectivity index (χ0) is 15.7. The highest BCUT2D eigenvalue weighted by atomic mass is 16.5. The lowest BCUT2D eigenvalue weighted by molar-refractivity contribution is -0.137. The molecule has 0 bridgehead atoms. The minimum Gasteiger partial charge on any atom is -0.463 e. The van der Waals surface area contributed by atoms with Crippen molar-refractivity contribution in [2.75, 3.05) is 6.61 Å². The number of allylic oxidation sites excluding steroid dienone is 7. The van der Waals surface area contributed by atoms with Gasteiger partial charge in [0.05, 0.1) is 6.61 Å². The fourth-order valence-corrected chi connectivity index (χ4v) is 2.15. The molecule has 21 heavy (non-hydrogen) atoms. The number of unbranched alkanes of at least 4 members (excludes halogenated alkanes) is 3. The Hall–Kier alpha value is -1.90. The molecule has 3 nitrogen and oxygen atoms in total. The first-order valence-corrected chi connectivity index (χ1v) is 7.49. The van der Waals surface area contributed by atoms with Gasteiger partial charge in [-0.05, 0) is 75.3 Å². The van der Waals surface area contributed by atoms with E-state index in [1.807, 2.05) is 32.1 Å². The smallest absolute Gasteiger partial charge is 0.330 e. The van der Waals surface area contributed by atoms with E-state index in [1.165, 1.54) is 6.08 Å². The van der Waals surface area contributed by atoms with Crippen molar-refractivity contribution in [1.82, 2.24) is 0 Å². The molecule has 0 radical (unpaired) electrons. The Morgan fingerprint density at radius 2 is 1.76 bits per heavy atom. The molecule has 0 saturated carbocycles. The number of hydrogen-bond donors (Lipinski definition) is 0. The third-order valence-corrected chi connectivity index (χ3v) is 3.23. The highest BCUT2D eigenvalue weighted by molar-refractivity contribution is 6.09. The maximum Gasteiger partial charge on any atom is 0.330 e. The number of ketones is 1. The maximum atomic E-state index is 11.6. The van der Waals surface area contributed by atoms with E-state index in [0.29, 0.717) is 6.61 Å². The van der Waals surface area contributed by atoms with Crippen LogP contribution < -0.4 is 0 Å². The number of hydrogen-bond acceptors (Lipinski definition) is 3. The van der Waals surface area contributed by atoms with Crippen molar-refractivity contribution in [3.8, 4) is 0 Å². The molecule has 0 spiro atoms. The van der Waals surface area contributed by atoms with E-state index < -0.39 is 0 Å². The van der Waals surface area contributed by atoms with E-state index in [2.05, 4.69) is 6.08 Å². The predicted octanol–water partition coefficient (Wildman–Crippen LogP) is 4.07. The molecule has 0 N–H and O–H groups in total. The van der Waals surface area contributed by atoms with E-state index in [-0.39, 0.29) is 11.8 Å². The maximum absolute atomic E-state index is 11.6. The van der Waals surface area contributed by atoms with Crippen molar-refractivity contribution in [3.05, 3.63) is 47.1 Å². The van der Waals surface area contributed by atoms with Crippen molar-refractivity contribution in [3.63, 3.8) is 0 Å². The van der Waals surface area contributed by atoms with Crippen LogP contribution in [0.15, 0.2) is 47.1 Å². The van der Waals surface area contributed by atoms with Crippen LogP contribution in [-0.2, 0) is 14.3 Å². The van der Waals surface area contributed by atoms with Gasteiger partial charge in [-0.3, -0.25) is 4.79 Å². The van der Waals surface area contributed by atoms with Crippen LogP contribution in [0.1, 0.15) is 46.5 Å². The molecule has 0 atom stereocenters. The molecule has 0 aromatic carbocycles. The van der Waals surface area contributed by atoms with Crippen LogP contribution in [0.5, 0.6) is 0 Å². The van der Waals surface area contributed by atoms with Crippen LogP contribution >= 0.6 is 0 Å². The lowest BCUT2D eigenvalue weighted by Crippen LogP contribution is -2.05. The summed E-state index contributed by atoms with van der Waals surface area (Å²) < 4.78 is 4.80. The molecule has 0 heterocycles. The van der Waals surface area contributed by atoms with E-state index in [1.54, 1.807) is 6.92 Å². The van der Waals surface area contributed by atoms with Gasteiger partial charge in [-0.15, -0.1) is 0 Å². The zero-order valence-corrected chi connectivity index (χ0v) is 13.1. The van der Waals surface area contributed by atoms with Crippen LogP contribution in [0.4, 0.5) is 0 Å². The molecular formula is C18H24O3. The zero-order valence-electron chi connectivity index (χ0n) is 13.1. The Morgan fingerprint density at radius 1 is 1.14 bits per heavy atom. The standard InChI is InChI=1S/C18H24O3/c1-4-21-17(19)11-9-7-5-6-8-10-16-12-14(2)18(20)15(3)13-16/h9-13H,4-8H2,1-3H3/b11-9+. The van der Waals surface area contributed by atoms with Crippen LogP contribution in [0.3, 0.4) is 0 Å². The molecule has 0 unspecified atom stereocenters. The van der Waals surface area contributed by atoms with Crippen molar-refractivity contribution < 1.29 is 14.3 Å². The van der Waals surface area contributed by atoms with E-state index >= 15 is 0 Å². The molecule has 0 saturated heterocycles. The summed E-state index contributed by atoms with van der Waals surface area (Å²) >= 11 is 0.